The molecule has 0 aromatic heterocycles. The van der Waals surface area contributed by atoms with Crippen molar-refractivity contribution in [2.45, 2.75) is 34.1 Å². The normalized spacial score (nSPS) is 18.0. The number of hydrogen-bond donors (Lipinski definition) is 0. The van der Waals surface area contributed by atoms with Gasteiger partial charge in [0.15, 0.2) is 0 Å². The minimum atomic E-state index is 0. The summed E-state index contributed by atoms with van der Waals surface area (Å²) in [4.78, 5) is 0. The van der Waals surface area contributed by atoms with Crippen molar-refractivity contribution in [3.05, 3.63) is 21.2 Å². The van der Waals surface area contributed by atoms with Gasteiger partial charge in [0.05, 0.1) is 0 Å². The number of rotatable bonds is 2. The van der Waals surface area contributed by atoms with Gasteiger partial charge in [-0.2, -0.15) is 0 Å². The molecule has 0 nitrogen and oxygen atoms in total. The van der Waals surface area contributed by atoms with E-state index in [-0.39, 0.29) is 2.85 Å². The van der Waals surface area contributed by atoms with Crippen LogP contribution in [0.1, 0.15) is 37.0 Å². The Kier molecular flexibility index (Phi) is 3.35. The van der Waals surface area contributed by atoms with Crippen molar-refractivity contribution in [1.29, 1.82) is 0 Å². The van der Waals surface area contributed by atoms with Crippen molar-refractivity contribution in [1.82, 2.24) is 0 Å². The van der Waals surface area contributed by atoms with Crippen LogP contribution in [0, 0.1) is 11.8 Å². The second-order valence-electron chi connectivity index (χ2n) is 4.01. The summed E-state index contributed by atoms with van der Waals surface area (Å²) in [5.74, 6) is 1.42. The molecule has 0 bridgehead atoms. The fourth-order valence-electron chi connectivity index (χ4n) is 1.79. The molecule has 0 saturated heterocycles. The van der Waals surface area contributed by atoms with E-state index >= 15 is 0 Å². The van der Waals surface area contributed by atoms with Crippen LogP contribution >= 0.6 is 0 Å². The molecule has 0 radical (unpaired) electrons. The molecule has 1 rings (SSSR count). The fourth-order valence-corrected chi connectivity index (χ4v) is 3.36. The third-order valence-corrected chi connectivity index (χ3v) is 3.71. The van der Waals surface area contributed by atoms with Crippen LogP contribution in [0.2, 0.25) is 0 Å². The van der Waals surface area contributed by atoms with Crippen LogP contribution < -0.4 is 0 Å². The van der Waals surface area contributed by atoms with Crippen molar-refractivity contribution >= 4 is 0 Å². The summed E-state index contributed by atoms with van der Waals surface area (Å²) >= 11 is 1.65. The molecule has 0 spiro atoms. The van der Waals surface area contributed by atoms with Gasteiger partial charge in [0, 0.05) is 0 Å². The first-order valence-electron chi connectivity index (χ1n) is 4.64. The van der Waals surface area contributed by atoms with Crippen LogP contribution in [0.15, 0.2) is 21.2 Å². The topological polar surface area (TPSA) is 0 Å². The minimum absolute atomic E-state index is 0. The average molecular weight is 335 g/mol. The Bertz CT molecular complexity index is 240. The maximum Gasteiger partial charge on any atom is -1.00 e. The van der Waals surface area contributed by atoms with E-state index in [4.69, 9.17) is 0 Å². The standard InChI is InChI=1S/C11H17.W.2H/c1-8(2)10-6-5-7-11(10)9(3)4;;;/h6,8-9H,5H2,1-4H3;;;/q;;2*-1. The van der Waals surface area contributed by atoms with Crippen LogP contribution in [0.25, 0.3) is 0 Å². The van der Waals surface area contributed by atoms with Gasteiger partial charge in [-0.05, 0) is 0 Å². The van der Waals surface area contributed by atoms with Gasteiger partial charge >= 0.3 is 87.0 Å². The van der Waals surface area contributed by atoms with Gasteiger partial charge in [0.25, 0.3) is 0 Å². The van der Waals surface area contributed by atoms with Crippen LogP contribution in [0.4, 0.5) is 0 Å². The molecule has 0 saturated carbocycles. The molecule has 0 unspecified atom stereocenters. The monoisotopic (exact) mass is 335 g/mol. The van der Waals surface area contributed by atoms with Gasteiger partial charge in [-0.1, -0.05) is 0 Å². The summed E-state index contributed by atoms with van der Waals surface area (Å²) < 4.78 is 1.66. The zero-order chi connectivity index (χ0) is 9.30. The summed E-state index contributed by atoms with van der Waals surface area (Å²) in [6, 6.07) is 0. The Morgan fingerprint density at radius 2 is 1.83 bits per heavy atom. The van der Waals surface area contributed by atoms with Gasteiger partial charge in [0.2, 0.25) is 0 Å². The maximum absolute atomic E-state index is 2.42. The van der Waals surface area contributed by atoms with Crippen molar-refractivity contribution in [2.24, 2.45) is 11.8 Å². The largest absolute Gasteiger partial charge is 1.00 e. The Balaban J connectivity index is 0. The van der Waals surface area contributed by atoms with E-state index in [0.29, 0.717) is 11.8 Å². The number of allylic oxidation sites excluding steroid dienone is 4. The first-order valence-corrected chi connectivity index (χ1v) is 6.11. The molecule has 0 aromatic carbocycles. The molecule has 1 aliphatic carbocycles. The Morgan fingerprint density at radius 1 is 1.25 bits per heavy atom. The van der Waals surface area contributed by atoms with E-state index in [1.165, 1.54) is 6.42 Å². The first kappa shape index (κ1) is 10.3. The van der Waals surface area contributed by atoms with E-state index in [2.05, 4.69) is 33.8 Å². The SMILES string of the molecule is CC(C)C1=CC[C]([W])=C1C(C)C.[H-].[H-]. The van der Waals surface area contributed by atoms with E-state index in [1.807, 2.05) is 0 Å². The van der Waals surface area contributed by atoms with Gasteiger partial charge in [0.1, 0.15) is 0 Å². The quantitative estimate of drug-likeness (QED) is 0.723. The molecule has 0 N–H and O–H groups in total. The van der Waals surface area contributed by atoms with Crippen molar-refractivity contribution in [3.63, 3.8) is 0 Å². The molecule has 0 aromatic rings. The molecular formula is C11H19W-2. The van der Waals surface area contributed by atoms with Crippen LogP contribution in [-0.4, -0.2) is 0 Å². The van der Waals surface area contributed by atoms with E-state index in [9.17, 15) is 0 Å². The number of hydrogen-bond acceptors (Lipinski definition) is 0. The molecular weight excluding hydrogens is 316 g/mol. The summed E-state index contributed by atoms with van der Waals surface area (Å²) in [6.07, 6.45) is 3.64. The van der Waals surface area contributed by atoms with Crippen LogP contribution in [0.3, 0.4) is 0 Å². The zero-order valence-corrected chi connectivity index (χ0v) is 11.3. The molecule has 1 heteroatoms. The molecule has 71 valence electrons. The third-order valence-electron chi connectivity index (χ3n) is 2.32. The van der Waals surface area contributed by atoms with Crippen molar-refractivity contribution in [2.75, 3.05) is 0 Å². The van der Waals surface area contributed by atoms with Gasteiger partial charge in [-0.15, -0.1) is 0 Å². The van der Waals surface area contributed by atoms with Crippen LogP contribution in [0.5, 0.6) is 0 Å². The molecule has 0 heterocycles. The Hall–Kier alpha value is 0.168. The maximum atomic E-state index is 2.42. The Labute approximate surface area is 90.0 Å². The van der Waals surface area contributed by atoms with E-state index in [0.717, 1.165) is 0 Å². The van der Waals surface area contributed by atoms with Gasteiger partial charge in [-0.25, -0.2) is 0 Å². The van der Waals surface area contributed by atoms with E-state index < -0.39 is 0 Å². The smallest absolute Gasteiger partial charge is 1.00 e. The second-order valence-corrected chi connectivity index (χ2v) is 5.78. The van der Waals surface area contributed by atoms with E-state index in [1.54, 1.807) is 34.9 Å². The molecule has 1 aliphatic rings. The minimum Gasteiger partial charge on any atom is -1.00 e. The van der Waals surface area contributed by atoms with Crippen molar-refractivity contribution < 1.29 is 22.7 Å². The second kappa shape index (κ2) is 3.92. The third kappa shape index (κ3) is 1.91. The summed E-state index contributed by atoms with van der Waals surface area (Å²) in [7, 11) is 0. The average Bonchev–Trinajstić information content (AvgIpc) is 2.30. The first-order chi connectivity index (χ1) is 5.54. The summed E-state index contributed by atoms with van der Waals surface area (Å²) in [5, 5.41) is 0. The van der Waals surface area contributed by atoms with Crippen molar-refractivity contribution in [3.8, 4) is 0 Å². The predicted molar refractivity (Wildman–Crippen MR) is 51.6 cm³/mol. The van der Waals surface area contributed by atoms with Gasteiger partial charge in [-0.3, -0.25) is 0 Å². The van der Waals surface area contributed by atoms with Crippen LogP contribution in [-0.2, 0) is 19.8 Å². The Morgan fingerprint density at radius 3 is 2.17 bits per heavy atom. The predicted octanol–water partition coefficient (Wildman–Crippen LogP) is 3.65. The summed E-state index contributed by atoms with van der Waals surface area (Å²) in [5.41, 5.74) is 3.26. The molecule has 12 heavy (non-hydrogen) atoms. The molecule has 0 amide bonds. The molecule has 0 fully saturated rings. The zero-order valence-electron chi connectivity index (χ0n) is 10.3. The van der Waals surface area contributed by atoms with Gasteiger partial charge < -0.3 is 2.85 Å². The molecule has 0 aliphatic heterocycles. The fraction of sp³-hybridized carbons (Fsp3) is 0.636. The molecule has 0 atom stereocenters. The summed E-state index contributed by atoms with van der Waals surface area (Å²) in [6.45, 7) is 9.20.